The van der Waals surface area contributed by atoms with Crippen LogP contribution in [0.3, 0.4) is 0 Å². The molecule has 0 aliphatic carbocycles. The largest absolute Gasteiger partial charge is 0.503 e. The van der Waals surface area contributed by atoms with E-state index in [1.54, 1.807) is 31.7 Å². The van der Waals surface area contributed by atoms with E-state index in [1.807, 2.05) is 0 Å². The minimum Gasteiger partial charge on any atom is -0.503 e. The Kier molecular flexibility index (Phi) is 3.81. The molecule has 1 atom stereocenters. The normalized spacial score (nSPS) is 19.4. The van der Waals surface area contributed by atoms with Gasteiger partial charge in [0.25, 0.3) is 0 Å². The fourth-order valence-electron chi connectivity index (χ4n) is 3.26. The zero-order valence-electron chi connectivity index (χ0n) is 14.3. The molecule has 0 saturated heterocycles. The van der Waals surface area contributed by atoms with Crippen LogP contribution in [0.2, 0.25) is 0 Å². The van der Waals surface area contributed by atoms with Crippen molar-refractivity contribution in [2.75, 3.05) is 19.0 Å². The van der Waals surface area contributed by atoms with Gasteiger partial charge in [0.1, 0.15) is 5.60 Å². The Morgan fingerprint density at radius 1 is 1.42 bits per heavy atom. The van der Waals surface area contributed by atoms with Crippen LogP contribution in [0.5, 0.6) is 11.5 Å². The van der Waals surface area contributed by atoms with Gasteiger partial charge in [0, 0.05) is 12.1 Å². The molecular formula is C17H22N2O5. The molecule has 24 heavy (non-hydrogen) atoms. The van der Waals surface area contributed by atoms with Gasteiger partial charge in [-0.3, -0.25) is 4.79 Å². The Labute approximate surface area is 140 Å². The summed E-state index contributed by atoms with van der Waals surface area (Å²) >= 11 is 0. The molecule has 0 radical (unpaired) electrons. The fraction of sp³-hybridized carbons (Fsp3) is 0.529. The van der Waals surface area contributed by atoms with E-state index in [0.717, 1.165) is 11.1 Å². The maximum Gasteiger partial charge on any atom is 0.410 e. The van der Waals surface area contributed by atoms with Crippen LogP contribution in [0, 0.1) is 0 Å². The second-order valence-electron chi connectivity index (χ2n) is 7.07. The lowest BCUT2D eigenvalue weighted by atomic mass is 9.86. The van der Waals surface area contributed by atoms with E-state index < -0.39 is 17.7 Å². The number of rotatable bonds is 1. The van der Waals surface area contributed by atoms with Crippen molar-refractivity contribution >= 4 is 17.7 Å². The quantitative estimate of drug-likeness (QED) is 0.771. The van der Waals surface area contributed by atoms with E-state index in [0.29, 0.717) is 24.4 Å². The van der Waals surface area contributed by atoms with Crippen molar-refractivity contribution in [1.82, 2.24) is 4.90 Å². The zero-order chi connectivity index (χ0) is 17.6. The van der Waals surface area contributed by atoms with E-state index in [2.05, 4.69) is 5.32 Å². The van der Waals surface area contributed by atoms with E-state index in [9.17, 15) is 14.7 Å². The topological polar surface area (TPSA) is 88.1 Å². The summed E-state index contributed by atoms with van der Waals surface area (Å²) in [6, 6.07) is 1.33. The number of nitrogens with one attached hydrogen (secondary N) is 1. The number of hydrogen-bond acceptors (Lipinski definition) is 5. The number of phenolic OH excluding ortho intramolecular Hbond substituents is 1. The fourth-order valence-corrected chi connectivity index (χ4v) is 3.26. The van der Waals surface area contributed by atoms with E-state index in [-0.39, 0.29) is 18.1 Å². The summed E-state index contributed by atoms with van der Waals surface area (Å²) in [5, 5.41) is 13.1. The number of aromatic hydroxyl groups is 1. The van der Waals surface area contributed by atoms with Crippen molar-refractivity contribution in [3.05, 3.63) is 17.2 Å². The highest BCUT2D eigenvalue weighted by Gasteiger charge is 2.40. The molecule has 0 spiro atoms. The summed E-state index contributed by atoms with van der Waals surface area (Å²) in [7, 11) is 1.46. The SMILES string of the molecule is COc1cc2c3c(c1O)NC(=O)CC3N(C(=O)OC(C)(C)C)CC2. The third-order valence-electron chi connectivity index (χ3n) is 4.21. The first-order valence-corrected chi connectivity index (χ1v) is 7.93. The Bertz CT molecular complexity index is 708. The number of anilines is 1. The molecule has 2 aliphatic heterocycles. The summed E-state index contributed by atoms with van der Waals surface area (Å²) in [5.41, 5.74) is 1.45. The van der Waals surface area contributed by atoms with Crippen molar-refractivity contribution in [3.63, 3.8) is 0 Å². The molecule has 7 nitrogen and oxygen atoms in total. The van der Waals surface area contributed by atoms with Crippen molar-refractivity contribution in [3.8, 4) is 11.5 Å². The molecule has 2 amide bonds. The first-order chi connectivity index (χ1) is 11.2. The van der Waals surface area contributed by atoms with Crippen LogP contribution in [0.4, 0.5) is 10.5 Å². The number of carbonyl (C=O) groups excluding carboxylic acids is 2. The summed E-state index contributed by atoms with van der Waals surface area (Å²) in [4.78, 5) is 26.2. The lowest BCUT2D eigenvalue weighted by Gasteiger charge is -2.41. The number of benzene rings is 1. The number of hydrogen-bond donors (Lipinski definition) is 2. The van der Waals surface area contributed by atoms with Crippen molar-refractivity contribution in [2.24, 2.45) is 0 Å². The van der Waals surface area contributed by atoms with Crippen LogP contribution < -0.4 is 10.1 Å². The average molecular weight is 334 g/mol. The highest BCUT2D eigenvalue weighted by atomic mass is 16.6. The van der Waals surface area contributed by atoms with E-state index in [4.69, 9.17) is 9.47 Å². The van der Waals surface area contributed by atoms with Gasteiger partial charge in [-0.1, -0.05) is 0 Å². The molecule has 2 aliphatic rings. The lowest BCUT2D eigenvalue weighted by molar-refractivity contribution is -0.117. The molecule has 1 aromatic carbocycles. The zero-order valence-corrected chi connectivity index (χ0v) is 14.3. The highest BCUT2D eigenvalue weighted by molar-refractivity contribution is 5.98. The second-order valence-corrected chi connectivity index (χ2v) is 7.07. The molecule has 1 unspecified atom stereocenters. The standard InChI is InChI=1S/C17H22N2O5/c1-17(2,3)24-16(22)19-6-5-9-7-11(23-4)15(21)14-13(9)10(19)8-12(20)18-14/h7,10,21H,5-6,8H2,1-4H3,(H,18,20). The molecule has 3 rings (SSSR count). The number of ether oxygens (including phenoxy) is 2. The third-order valence-corrected chi connectivity index (χ3v) is 4.21. The Hall–Kier alpha value is -2.44. The number of methoxy groups -OCH3 is 1. The van der Waals surface area contributed by atoms with E-state index >= 15 is 0 Å². The molecule has 2 heterocycles. The molecular weight excluding hydrogens is 312 g/mol. The molecule has 0 fully saturated rings. The van der Waals surface area contributed by atoms with Crippen LogP contribution in [0.15, 0.2) is 6.07 Å². The van der Waals surface area contributed by atoms with Crippen LogP contribution in [0.1, 0.15) is 44.4 Å². The first-order valence-electron chi connectivity index (χ1n) is 7.93. The van der Waals surface area contributed by atoms with Gasteiger partial charge < -0.3 is 24.8 Å². The molecule has 2 N–H and O–H groups in total. The Balaban J connectivity index is 2.04. The van der Waals surface area contributed by atoms with Crippen molar-refractivity contribution in [2.45, 2.75) is 45.3 Å². The first kappa shape index (κ1) is 16.4. The Morgan fingerprint density at radius 2 is 2.12 bits per heavy atom. The predicted octanol–water partition coefficient (Wildman–Crippen LogP) is 2.58. The van der Waals surface area contributed by atoms with Gasteiger partial charge in [0.2, 0.25) is 5.91 Å². The van der Waals surface area contributed by atoms with Crippen LogP contribution in [-0.2, 0) is 16.0 Å². The summed E-state index contributed by atoms with van der Waals surface area (Å²) < 4.78 is 10.6. The Morgan fingerprint density at radius 3 is 2.75 bits per heavy atom. The maximum absolute atomic E-state index is 12.5. The minimum absolute atomic E-state index is 0.111. The monoisotopic (exact) mass is 334 g/mol. The van der Waals surface area contributed by atoms with Gasteiger partial charge in [0.05, 0.1) is 25.3 Å². The predicted molar refractivity (Wildman–Crippen MR) is 87.3 cm³/mol. The highest BCUT2D eigenvalue weighted by Crippen LogP contribution is 2.48. The van der Waals surface area contributed by atoms with Gasteiger partial charge in [0.15, 0.2) is 11.5 Å². The van der Waals surface area contributed by atoms with Crippen LogP contribution in [0.25, 0.3) is 0 Å². The van der Waals surface area contributed by atoms with Crippen LogP contribution in [-0.4, -0.2) is 41.3 Å². The van der Waals surface area contributed by atoms with Gasteiger partial charge >= 0.3 is 6.09 Å². The van der Waals surface area contributed by atoms with Gasteiger partial charge in [-0.2, -0.15) is 0 Å². The molecule has 1 aromatic rings. The summed E-state index contributed by atoms with van der Waals surface area (Å²) in [6.07, 6.45) is 0.296. The van der Waals surface area contributed by atoms with Gasteiger partial charge in [-0.15, -0.1) is 0 Å². The van der Waals surface area contributed by atoms with Crippen molar-refractivity contribution < 1.29 is 24.2 Å². The molecule has 0 bridgehead atoms. The maximum atomic E-state index is 12.5. The molecule has 7 heteroatoms. The number of nitrogens with zero attached hydrogens (tertiary/aromatic N) is 1. The van der Waals surface area contributed by atoms with Gasteiger partial charge in [-0.05, 0) is 38.8 Å². The third kappa shape index (κ3) is 2.74. The molecule has 130 valence electrons. The van der Waals surface area contributed by atoms with E-state index in [1.165, 1.54) is 7.11 Å². The number of carbonyl (C=O) groups is 2. The number of amides is 2. The lowest BCUT2D eigenvalue weighted by Crippen LogP contribution is -2.46. The molecule has 0 aromatic heterocycles. The molecule has 0 saturated carbocycles. The second kappa shape index (κ2) is 5.58. The minimum atomic E-state index is -0.612. The number of phenols is 1. The summed E-state index contributed by atoms with van der Waals surface area (Å²) in [6.45, 7) is 5.86. The van der Waals surface area contributed by atoms with Crippen LogP contribution >= 0.6 is 0 Å². The average Bonchev–Trinajstić information content (AvgIpc) is 2.48. The smallest absolute Gasteiger partial charge is 0.410 e. The summed E-state index contributed by atoms with van der Waals surface area (Å²) in [5.74, 6) is -0.0479. The van der Waals surface area contributed by atoms with Crippen molar-refractivity contribution in [1.29, 1.82) is 0 Å². The van der Waals surface area contributed by atoms with Gasteiger partial charge in [-0.25, -0.2) is 4.79 Å².